The number of hydrogen-bond acceptors (Lipinski definition) is 5. The molecule has 0 heterocycles. The SMILES string of the molecule is NC(CCCCB(O)O)(C(=O)O)C1CC(NCc2ccc(C3CCCCC3)cc2)C1. The number of aliphatic carboxylic acids is 1. The van der Waals surface area contributed by atoms with Crippen LogP contribution in [0.4, 0.5) is 0 Å². The molecule has 3 rings (SSSR count). The van der Waals surface area contributed by atoms with E-state index >= 15 is 0 Å². The Kier molecular flexibility index (Phi) is 8.34. The maximum atomic E-state index is 11.8. The smallest absolute Gasteiger partial charge is 0.451 e. The van der Waals surface area contributed by atoms with Gasteiger partial charge in [0.15, 0.2) is 0 Å². The molecular weight excluding hydrogens is 379 g/mol. The molecule has 0 spiro atoms. The molecule has 0 amide bonds. The topological polar surface area (TPSA) is 116 Å². The van der Waals surface area contributed by atoms with Gasteiger partial charge in [-0.2, -0.15) is 0 Å². The van der Waals surface area contributed by atoms with Crippen molar-refractivity contribution in [1.82, 2.24) is 5.32 Å². The van der Waals surface area contributed by atoms with Crippen molar-refractivity contribution in [1.29, 1.82) is 0 Å². The van der Waals surface area contributed by atoms with Gasteiger partial charge in [0.05, 0.1) is 0 Å². The summed E-state index contributed by atoms with van der Waals surface area (Å²) in [4.78, 5) is 11.8. The number of hydrogen-bond donors (Lipinski definition) is 5. The second-order valence-electron chi connectivity index (χ2n) is 9.39. The summed E-state index contributed by atoms with van der Waals surface area (Å²) in [6.07, 6.45) is 10.0. The van der Waals surface area contributed by atoms with Crippen LogP contribution in [0.3, 0.4) is 0 Å². The Morgan fingerprint density at radius 1 is 1.10 bits per heavy atom. The highest BCUT2D eigenvalue weighted by Crippen LogP contribution is 2.38. The van der Waals surface area contributed by atoms with Crippen molar-refractivity contribution in [2.45, 2.75) is 94.6 Å². The van der Waals surface area contributed by atoms with E-state index in [1.165, 1.54) is 43.2 Å². The maximum absolute atomic E-state index is 11.8. The summed E-state index contributed by atoms with van der Waals surface area (Å²) in [6.45, 7) is 0.793. The van der Waals surface area contributed by atoms with Gasteiger partial charge >= 0.3 is 13.1 Å². The third-order valence-electron chi connectivity index (χ3n) is 7.22. The molecule has 6 N–H and O–H groups in total. The first-order valence-corrected chi connectivity index (χ1v) is 11.6. The fraction of sp³-hybridized carbons (Fsp3) is 0.696. The molecule has 30 heavy (non-hydrogen) atoms. The fourth-order valence-corrected chi connectivity index (χ4v) is 5.04. The van der Waals surface area contributed by atoms with Crippen molar-refractivity contribution < 1.29 is 19.9 Å². The average molecular weight is 416 g/mol. The van der Waals surface area contributed by atoms with Gasteiger partial charge in [-0.05, 0) is 61.4 Å². The van der Waals surface area contributed by atoms with E-state index in [9.17, 15) is 9.90 Å². The summed E-state index contributed by atoms with van der Waals surface area (Å²) < 4.78 is 0. The predicted octanol–water partition coefficient (Wildman–Crippen LogP) is 3.03. The molecule has 2 fully saturated rings. The standard InChI is InChI=1S/C23H37BN2O4/c25-23(22(27)28,12-4-5-13-24(29)30)20-14-21(15-20)26-16-17-8-10-19(11-9-17)18-6-2-1-3-7-18/h8-11,18,20-21,26,29-30H,1-7,12-16,25H2,(H,27,28). The Labute approximate surface area is 180 Å². The summed E-state index contributed by atoms with van der Waals surface area (Å²) in [5.74, 6) is -0.267. The Balaban J connectivity index is 1.41. The molecule has 2 aliphatic carbocycles. The van der Waals surface area contributed by atoms with E-state index in [2.05, 4.69) is 29.6 Å². The van der Waals surface area contributed by atoms with E-state index in [4.69, 9.17) is 15.8 Å². The molecule has 2 aliphatic rings. The number of benzene rings is 1. The van der Waals surface area contributed by atoms with Gasteiger partial charge in [-0.15, -0.1) is 0 Å². The summed E-state index contributed by atoms with van der Waals surface area (Å²) in [5.41, 5.74) is 7.77. The lowest BCUT2D eigenvalue weighted by atomic mass is 9.66. The number of carbonyl (C=O) groups is 1. The van der Waals surface area contributed by atoms with Crippen LogP contribution in [0.5, 0.6) is 0 Å². The lowest BCUT2D eigenvalue weighted by molar-refractivity contribution is -0.148. The van der Waals surface area contributed by atoms with E-state index in [1.807, 2.05) is 0 Å². The third kappa shape index (κ3) is 6.07. The molecule has 1 aromatic carbocycles. The average Bonchev–Trinajstić information content (AvgIpc) is 2.71. The largest absolute Gasteiger partial charge is 0.480 e. The van der Waals surface area contributed by atoms with Crippen LogP contribution in [0.1, 0.15) is 81.3 Å². The van der Waals surface area contributed by atoms with Crippen LogP contribution < -0.4 is 11.1 Å². The molecule has 7 heteroatoms. The maximum Gasteiger partial charge on any atom is 0.451 e. The van der Waals surface area contributed by atoms with Gasteiger partial charge in [-0.25, -0.2) is 0 Å². The summed E-state index contributed by atoms with van der Waals surface area (Å²) >= 11 is 0. The Bertz CT molecular complexity index is 672. The summed E-state index contributed by atoms with van der Waals surface area (Å²) in [6, 6.07) is 9.28. The summed E-state index contributed by atoms with van der Waals surface area (Å²) in [7, 11) is -1.34. The molecular formula is C23H37BN2O4. The van der Waals surface area contributed by atoms with Gasteiger partial charge in [0.25, 0.3) is 0 Å². The Morgan fingerprint density at radius 3 is 2.37 bits per heavy atom. The van der Waals surface area contributed by atoms with E-state index in [0.29, 0.717) is 25.3 Å². The minimum Gasteiger partial charge on any atom is -0.480 e. The number of nitrogens with one attached hydrogen (secondary N) is 1. The zero-order valence-corrected chi connectivity index (χ0v) is 17.9. The highest BCUT2D eigenvalue weighted by atomic mass is 16.4. The Hall–Kier alpha value is -1.41. The van der Waals surface area contributed by atoms with E-state index in [0.717, 1.165) is 25.3 Å². The van der Waals surface area contributed by atoms with Crippen molar-refractivity contribution in [2.75, 3.05) is 0 Å². The van der Waals surface area contributed by atoms with E-state index in [1.54, 1.807) is 0 Å². The zero-order chi connectivity index (χ0) is 21.6. The highest BCUT2D eigenvalue weighted by molar-refractivity contribution is 6.40. The van der Waals surface area contributed by atoms with E-state index < -0.39 is 18.6 Å². The molecule has 1 unspecified atom stereocenters. The molecule has 0 bridgehead atoms. The normalized spacial score (nSPS) is 24.1. The number of rotatable bonds is 11. The fourth-order valence-electron chi connectivity index (χ4n) is 5.04. The van der Waals surface area contributed by atoms with Crippen LogP contribution in [0.25, 0.3) is 0 Å². The minimum atomic E-state index is -1.34. The predicted molar refractivity (Wildman–Crippen MR) is 119 cm³/mol. The van der Waals surface area contributed by atoms with Crippen LogP contribution >= 0.6 is 0 Å². The zero-order valence-electron chi connectivity index (χ0n) is 17.9. The van der Waals surface area contributed by atoms with Gasteiger partial charge < -0.3 is 26.2 Å². The lowest BCUT2D eigenvalue weighted by Gasteiger charge is -2.45. The minimum absolute atomic E-state index is 0.0415. The van der Waals surface area contributed by atoms with Crippen LogP contribution in [0.2, 0.25) is 6.32 Å². The molecule has 1 aromatic rings. The van der Waals surface area contributed by atoms with Gasteiger partial charge in [-0.3, -0.25) is 4.79 Å². The van der Waals surface area contributed by atoms with Crippen molar-refractivity contribution in [3.63, 3.8) is 0 Å². The molecule has 6 nitrogen and oxygen atoms in total. The molecule has 166 valence electrons. The van der Waals surface area contributed by atoms with Crippen molar-refractivity contribution in [2.24, 2.45) is 11.7 Å². The van der Waals surface area contributed by atoms with Gasteiger partial charge in [0, 0.05) is 12.6 Å². The second-order valence-corrected chi connectivity index (χ2v) is 9.39. The molecule has 0 aromatic heterocycles. The summed E-state index contributed by atoms with van der Waals surface area (Å²) in [5, 5.41) is 31.1. The first-order valence-electron chi connectivity index (χ1n) is 11.6. The van der Waals surface area contributed by atoms with Crippen molar-refractivity contribution in [3.8, 4) is 0 Å². The van der Waals surface area contributed by atoms with E-state index in [-0.39, 0.29) is 12.2 Å². The third-order valence-corrected chi connectivity index (χ3v) is 7.22. The van der Waals surface area contributed by atoms with Crippen LogP contribution in [0.15, 0.2) is 24.3 Å². The molecule has 0 aliphatic heterocycles. The molecule has 0 saturated heterocycles. The molecule has 1 atom stereocenters. The Morgan fingerprint density at radius 2 is 1.77 bits per heavy atom. The number of carboxylic acid groups (broad SMARTS) is 1. The highest BCUT2D eigenvalue weighted by Gasteiger charge is 2.48. The molecule has 0 radical (unpaired) electrons. The van der Waals surface area contributed by atoms with Gasteiger partial charge in [0.1, 0.15) is 5.54 Å². The number of unbranched alkanes of at least 4 members (excludes halogenated alkanes) is 1. The quantitative estimate of drug-likeness (QED) is 0.280. The molecule has 2 saturated carbocycles. The lowest BCUT2D eigenvalue weighted by Crippen LogP contribution is -2.61. The number of nitrogens with two attached hydrogens (primary N) is 1. The van der Waals surface area contributed by atoms with Crippen molar-refractivity contribution in [3.05, 3.63) is 35.4 Å². The second kappa shape index (κ2) is 10.8. The van der Waals surface area contributed by atoms with Crippen LogP contribution in [0, 0.1) is 5.92 Å². The first-order chi connectivity index (χ1) is 14.4. The monoisotopic (exact) mass is 416 g/mol. The number of carboxylic acids is 1. The van der Waals surface area contributed by atoms with Crippen LogP contribution in [-0.2, 0) is 11.3 Å². The first kappa shape index (κ1) is 23.3. The van der Waals surface area contributed by atoms with Gasteiger partial charge in [0.2, 0.25) is 0 Å². The van der Waals surface area contributed by atoms with Crippen molar-refractivity contribution >= 4 is 13.1 Å². The van der Waals surface area contributed by atoms with Crippen LogP contribution in [-0.4, -0.2) is 39.8 Å². The van der Waals surface area contributed by atoms with Gasteiger partial charge in [-0.1, -0.05) is 56.4 Å².